The highest BCUT2D eigenvalue weighted by Gasteiger charge is 2.19. The molecule has 4 aromatic rings. The van der Waals surface area contributed by atoms with E-state index >= 15 is 0 Å². The van der Waals surface area contributed by atoms with E-state index in [4.69, 9.17) is 4.42 Å². The van der Waals surface area contributed by atoms with Crippen LogP contribution in [0, 0.1) is 5.82 Å². The summed E-state index contributed by atoms with van der Waals surface area (Å²) in [7, 11) is 0. The Kier molecular flexibility index (Phi) is 6.00. The van der Waals surface area contributed by atoms with Crippen LogP contribution in [0.3, 0.4) is 0 Å². The largest absolute Gasteiger partial charge is 0.461 e. The molecule has 0 saturated heterocycles. The van der Waals surface area contributed by atoms with E-state index < -0.39 is 0 Å². The Bertz CT molecular complexity index is 1140. The van der Waals surface area contributed by atoms with Crippen molar-refractivity contribution in [3.05, 3.63) is 84.4 Å². The highest BCUT2D eigenvalue weighted by molar-refractivity contribution is 7.99. The second-order valence-electron chi connectivity index (χ2n) is 6.09. The SMILES string of the molecule is O=C(CSc1nnc(-c2ccco2)n1-c1ccc(F)cc1)N/N=C/c1ccccc1. The number of thioether (sulfide) groups is 1. The van der Waals surface area contributed by atoms with Crippen LogP contribution >= 0.6 is 11.8 Å². The molecule has 2 aromatic carbocycles. The van der Waals surface area contributed by atoms with Crippen molar-refractivity contribution in [3.8, 4) is 17.3 Å². The van der Waals surface area contributed by atoms with Gasteiger partial charge in [-0.3, -0.25) is 9.36 Å². The minimum absolute atomic E-state index is 0.0730. The summed E-state index contributed by atoms with van der Waals surface area (Å²) in [4.78, 5) is 12.2. The Morgan fingerprint density at radius 3 is 2.63 bits per heavy atom. The number of carbonyl (C=O) groups is 1. The van der Waals surface area contributed by atoms with Crippen LogP contribution in [-0.4, -0.2) is 32.6 Å². The van der Waals surface area contributed by atoms with Crippen LogP contribution < -0.4 is 5.43 Å². The van der Waals surface area contributed by atoms with Crippen molar-refractivity contribution in [1.82, 2.24) is 20.2 Å². The van der Waals surface area contributed by atoms with Gasteiger partial charge in [-0.1, -0.05) is 42.1 Å². The first kappa shape index (κ1) is 19.6. The van der Waals surface area contributed by atoms with Crippen molar-refractivity contribution in [2.75, 3.05) is 5.75 Å². The Balaban J connectivity index is 1.49. The van der Waals surface area contributed by atoms with Gasteiger partial charge in [0.1, 0.15) is 5.82 Å². The van der Waals surface area contributed by atoms with Gasteiger partial charge in [0.15, 0.2) is 10.9 Å². The van der Waals surface area contributed by atoms with Crippen LogP contribution in [0.15, 0.2) is 87.7 Å². The van der Waals surface area contributed by atoms with Gasteiger partial charge in [0.25, 0.3) is 5.91 Å². The highest BCUT2D eigenvalue weighted by atomic mass is 32.2. The number of hydrogen-bond acceptors (Lipinski definition) is 6. The summed E-state index contributed by atoms with van der Waals surface area (Å²) < 4.78 is 20.5. The van der Waals surface area contributed by atoms with Gasteiger partial charge in [-0.2, -0.15) is 5.10 Å². The van der Waals surface area contributed by atoms with Crippen molar-refractivity contribution in [2.24, 2.45) is 5.10 Å². The molecule has 150 valence electrons. The number of nitrogens with zero attached hydrogens (tertiary/aromatic N) is 4. The molecule has 0 aliphatic carbocycles. The number of nitrogens with one attached hydrogen (secondary N) is 1. The van der Waals surface area contributed by atoms with Crippen LogP contribution in [0.2, 0.25) is 0 Å². The van der Waals surface area contributed by atoms with Crippen molar-refractivity contribution in [1.29, 1.82) is 0 Å². The van der Waals surface area contributed by atoms with Gasteiger partial charge in [0, 0.05) is 0 Å². The highest BCUT2D eigenvalue weighted by Crippen LogP contribution is 2.28. The predicted molar refractivity (Wildman–Crippen MR) is 112 cm³/mol. The van der Waals surface area contributed by atoms with Crippen LogP contribution in [0.25, 0.3) is 17.3 Å². The first-order chi connectivity index (χ1) is 14.7. The third kappa shape index (κ3) is 4.64. The number of rotatable bonds is 7. The third-order valence-corrected chi connectivity index (χ3v) is 4.92. The topological polar surface area (TPSA) is 85.3 Å². The molecule has 0 atom stereocenters. The fourth-order valence-electron chi connectivity index (χ4n) is 2.63. The summed E-state index contributed by atoms with van der Waals surface area (Å²) in [5.74, 6) is 0.396. The van der Waals surface area contributed by atoms with Crippen LogP contribution in [0.5, 0.6) is 0 Å². The van der Waals surface area contributed by atoms with Crippen LogP contribution in [-0.2, 0) is 4.79 Å². The molecule has 0 spiro atoms. The molecule has 7 nitrogen and oxygen atoms in total. The van der Waals surface area contributed by atoms with Gasteiger partial charge < -0.3 is 4.42 Å². The van der Waals surface area contributed by atoms with Crippen LogP contribution in [0.4, 0.5) is 4.39 Å². The quantitative estimate of drug-likeness (QED) is 0.278. The number of aromatic nitrogens is 3. The van der Waals surface area contributed by atoms with E-state index in [9.17, 15) is 9.18 Å². The van der Waals surface area contributed by atoms with Gasteiger partial charge in [0.05, 0.1) is 23.9 Å². The number of hydrazone groups is 1. The van der Waals surface area contributed by atoms with E-state index in [2.05, 4.69) is 20.7 Å². The minimum atomic E-state index is -0.351. The smallest absolute Gasteiger partial charge is 0.250 e. The summed E-state index contributed by atoms with van der Waals surface area (Å²) in [6, 6.07) is 18.8. The molecule has 30 heavy (non-hydrogen) atoms. The molecule has 4 rings (SSSR count). The summed E-state index contributed by atoms with van der Waals surface area (Å²) in [5.41, 5.74) is 4.02. The zero-order valence-corrected chi connectivity index (χ0v) is 16.4. The van der Waals surface area contributed by atoms with E-state index in [-0.39, 0.29) is 17.5 Å². The van der Waals surface area contributed by atoms with E-state index in [1.807, 2.05) is 30.3 Å². The minimum Gasteiger partial charge on any atom is -0.461 e. The summed E-state index contributed by atoms with van der Waals surface area (Å²) in [6.07, 6.45) is 3.10. The summed E-state index contributed by atoms with van der Waals surface area (Å²) >= 11 is 1.19. The molecule has 0 aliphatic heterocycles. The molecule has 0 aliphatic rings. The molecule has 1 N–H and O–H groups in total. The Hall–Kier alpha value is -3.72. The maximum absolute atomic E-state index is 13.4. The van der Waals surface area contributed by atoms with Gasteiger partial charge in [-0.05, 0) is 42.0 Å². The van der Waals surface area contributed by atoms with E-state index in [0.717, 1.165) is 5.56 Å². The second kappa shape index (κ2) is 9.19. The first-order valence-corrected chi connectivity index (χ1v) is 9.94. The van der Waals surface area contributed by atoms with E-state index in [0.29, 0.717) is 22.4 Å². The molecule has 2 aromatic heterocycles. The second-order valence-corrected chi connectivity index (χ2v) is 7.03. The van der Waals surface area contributed by atoms with Crippen molar-refractivity contribution < 1.29 is 13.6 Å². The lowest BCUT2D eigenvalue weighted by Crippen LogP contribution is -2.20. The Labute approximate surface area is 175 Å². The van der Waals surface area contributed by atoms with Gasteiger partial charge in [-0.25, -0.2) is 9.82 Å². The molecule has 0 radical (unpaired) electrons. The fourth-order valence-corrected chi connectivity index (χ4v) is 3.38. The van der Waals surface area contributed by atoms with Crippen LogP contribution in [0.1, 0.15) is 5.56 Å². The molecule has 2 heterocycles. The Morgan fingerprint density at radius 2 is 1.90 bits per heavy atom. The van der Waals surface area contributed by atoms with Gasteiger partial charge in [0.2, 0.25) is 5.82 Å². The molecule has 0 bridgehead atoms. The van der Waals surface area contributed by atoms with E-state index in [1.54, 1.807) is 35.0 Å². The molecular formula is C21H16FN5O2S. The number of halogens is 1. The Morgan fingerprint density at radius 1 is 1.10 bits per heavy atom. The number of furan rings is 1. The van der Waals surface area contributed by atoms with Crippen molar-refractivity contribution in [2.45, 2.75) is 5.16 Å². The number of carbonyl (C=O) groups excluding carboxylic acids is 1. The third-order valence-electron chi connectivity index (χ3n) is 3.99. The molecule has 1 amide bonds. The first-order valence-electron chi connectivity index (χ1n) is 8.96. The lowest BCUT2D eigenvalue weighted by atomic mass is 10.2. The average molecular weight is 421 g/mol. The molecular weight excluding hydrogens is 405 g/mol. The maximum Gasteiger partial charge on any atom is 0.250 e. The van der Waals surface area contributed by atoms with Crippen molar-refractivity contribution in [3.63, 3.8) is 0 Å². The lowest BCUT2D eigenvalue weighted by molar-refractivity contribution is -0.118. The molecule has 0 saturated carbocycles. The normalized spacial score (nSPS) is 11.1. The van der Waals surface area contributed by atoms with Gasteiger partial charge in [-0.15, -0.1) is 10.2 Å². The van der Waals surface area contributed by atoms with Crippen molar-refractivity contribution >= 4 is 23.9 Å². The van der Waals surface area contributed by atoms with Gasteiger partial charge >= 0.3 is 0 Å². The summed E-state index contributed by atoms with van der Waals surface area (Å²) in [6.45, 7) is 0. The average Bonchev–Trinajstić information content (AvgIpc) is 3.43. The number of benzene rings is 2. The van der Waals surface area contributed by atoms with E-state index in [1.165, 1.54) is 30.2 Å². The predicted octanol–water partition coefficient (Wildman–Crippen LogP) is 3.91. The number of hydrogen-bond donors (Lipinski definition) is 1. The fraction of sp³-hybridized carbons (Fsp3) is 0.0476. The zero-order valence-electron chi connectivity index (χ0n) is 15.6. The molecule has 0 fully saturated rings. The monoisotopic (exact) mass is 421 g/mol. The maximum atomic E-state index is 13.4. The molecule has 9 heteroatoms. The summed E-state index contributed by atoms with van der Waals surface area (Å²) in [5, 5.41) is 12.8. The molecule has 0 unspecified atom stereocenters. The lowest BCUT2D eigenvalue weighted by Gasteiger charge is -2.09. The number of amides is 1. The zero-order chi connectivity index (χ0) is 20.8. The standard InChI is InChI=1S/C21H16FN5O2S/c22-16-8-10-17(11-9-16)27-20(18-7-4-12-29-18)25-26-21(27)30-14-19(28)24-23-13-15-5-2-1-3-6-15/h1-13H,14H2,(H,24,28)/b23-13+.